The lowest BCUT2D eigenvalue weighted by atomic mass is 10.1. The van der Waals surface area contributed by atoms with Crippen molar-refractivity contribution < 1.29 is 14.3 Å². The number of carbonyl (C=O) groups excluding carboxylic acids is 2. The molecular formula is C34H60N2O3. The van der Waals surface area contributed by atoms with Crippen molar-refractivity contribution >= 4 is 11.8 Å². The lowest BCUT2D eigenvalue weighted by Gasteiger charge is -2.14. The first-order chi connectivity index (χ1) is 19.1. The lowest BCUT2D eigenvalue weighted by Crippen LogP contribution is -2.26. The summed E-state index contributed by atoms with van der Waals surface area (Å²) in [4.78, 5) is 25.8. The fraction of sp³-hybridized carbons (Fsp3) is 0.765. The van der Waals surface area contributed by atoms with Gasteiger partial charge in [-0.1, -0.05) is 130 Å². The molecule has 0 aromatic heterocycles. The fourth-order valence-electron chi connectivity index (χ4n) is 4.80. The molecule has 39 heavy (non-hydrogen) atoms. The first-order valence-electron chi connectivity index (χ1n) is 16.5. The van der Waals surface area contributed by atoms with Crippen LogP contribution in [0.2, 0.25) is 0 Å². The van der Waals surface area contributed by atoms with Crippen LogP contribution < -0.4 is 15.4 Å². The molecule has 0 saturated carbocycles. The van der Waals surface area contributed by atoms with Gasteiger partial charge in [-0.15, -0.1) is 0 Å². The van der Waals surface area contributed by atoms with Crippen LogP contribution in [-0.4, -0.2) is 31.5 Å². The second kappa shape index (κ2) is 25.0. The molecule has 1 aromatic rings. The average Bonchev–Trinajstić information content (AvgIpc) is 2.95. The van der Waals surface area contributed by atoms with Gasteiger partial charge in [0.05, 0.1) is 12.2 Å². The van der Waals surface area contributed by atoms with Gasteiger partial charge in [0.2, 0.25) is 0 Å². The molecular weight excluding hydrogens is 484 g/mol. The fourth-order valence-corrected chi connectivity index (χ4v) is 4.80. The Hall–Kier alpha value is -2.04. The summed E-state index contributed by atoms with van der Waals surface area (Å²) in [5.41, 5.74) is 1.08. The van der Waals surface area contributed by atoms with Gasteiger partial charge >= 0.3 is 0 Å². The number of unbranched alkanes of at least 4 members (excludes halogenated alkanes) is 17. The van der Waals surface area contributed by atoms with Crippen molar-refractivity contribution in [3.63, 3.8) is 0 Å². The molecule has 0 saturated heterocycles. The van der Waals surface area contributed by atoms with E-state index in [2.05, 4.69) is 31.4 Å². The summed E-state index contributed by atoms with van der Waals surface area (Å²) in [5.74, 6) is 0.304. The minimum Gasteiger partial charge on any atom is -0.493 e. The molecule has 0 radical (unpaired) electrons. The second-order valence-electron chi connectivity index (χ2n) is 11.1. The highest BCUT2D eigenvalue weighted by atomic mass is 16.5. The summed E-state index contributed by atoms with van der Waals surface area (Å²) < 4.78 is 6.09. The summed E-state index contributed by atoms with van der Waals surface area (Å²) in [5, 5.41) is 6.11. The van der Waals surface area contributed by atoms with Gasteiger partial charge in [0.25, 0.3) is 11.8 Å². The van der Waals surface area contributed by atoms with Crippen LogP contribution in [0.15, 0.2) is 18.2 Å². The number of ether oxygens (including phenoxy) is 1. The van der Waals surface area contributed by atoms with Crippen molar-refractivity contribution in [3.8, 4) is 5.75 Å². The van der Waals surface area contributed by atoms with Gasteiger partial charge in [0, 0.05) is 18.7 Å². The van der Waals surface area contributed by atoms with Gasteiger partial charge < -0.3 is 15.4 Å². The van der Waals surface area contributed by atoms with Gasteiger partial charge in [-0.05, 0) is 37.5 Å². The van der Waals surface area contributed by atoms with Crippen LogP contribution in [0.1, 0.15) is 170 Å². The lowest BCUT2D eigenvalue weighted by molar-refractivity contribution is 0.0937. The summed E-state index contributed by atoms with van der Waals surface area (Å²) >= 11 is 0. The van der Waals surface area contributed by atoms with Crippen LogP contribution in [0.25, 0.3) is 0 Å². The van der Waals surface area contributed by atoms with Crippen LogP contribution in [0.4, 0.5) is 0 Å². The summed E-state index contributed by atoms with van der Waals surface area (Å²) in [6.07, 6.45) is 24.1. The SMILES string of the molecule is CCCCCCCCCNC(=O)c1ccc(C(=O)NCCCCCCCCC)c(OCCCCCCCC)c1. The maximum Gasteiger partial charge on any atom is 0.255 e. The molecule has 2 amide bonds. The van der Waals surface area contributed by atoms with Gasteiger partial charge in [-0.3, -0.25) is 9.59 Å². The highest BCUT2D eigenvalue weighted by Gasteiger charge is 2.16. The molecule has 0 spiro atoms. The molecule has 0 atom stereocenters. The second-order valence-corrected chi connectivity index (χ2v) is 11.1. The Morgan fingerprint density at radius 2 is 1.00 bits per heavy atom. The van der Waals surface area contributed by atoms with Crippen molar-refractivity contribution in [2.45, 2.75) is 149 Å². The molecule has 1 rings (SSSR count). The van der Waals surface area contributed by atoms with Crippen molar-refractivity contribution in [1.29, 1.82) is 0 Å². The third-order valence-electron chi connectivity index (χ3n) is 7.38. The van der Waals surface area contributed by atoms with E-state index in [9.17, 15) is 9.59 Å². The number of amides is 2. The quantitative estimate of drug-likeness (QED) is 0.114. The predicted octanol–water partition coefficient (Wildman–Crippen LogP) is 9.39. The normalized spacial score (nSPS) is 10.9. The third-order valence-corrected chi connectivity index (χ3v) is 7.38. The Bertz CT molecular complexity index is 750. The van der Waals surface area contributed by atoms with Gasteiger partial charge in [0.15, 0.2) is 0 Å². The molecule has 0 aliphatic carbocycles. The molecule has 0 bridgehead atoms. The largest absolute Gasteiger partial charge is 0.493 e. The Morgan fingerprint density at radius 1 is 0.564 bits per heavy atom. The van der Waals surface area contributed by atoms with Gasteiger partial charge in [-0.2, -0.15) is 0 Å². The van der Waals surface area contributed by atoms with Crippen molar-refractivity contribution in [3.05, 3.63) is 29.3 Å². The van der Waals surface area contributed by atoms with Crippen LogP contribution in [-0.2, 0) is 0 Å². The van der Waals surface area contributed by atoms with E-state index in [0.29, 0.717) is 36.6 Å². The minimum atomic E-state index is -0.117. The molecule has 2 N–H and O–H groups in total. The maximum atomic E-state index is 13.0. The van der Waals surface area contributed by atoms with Gasteiger partial charge in [0.1, 0.15) is 5.75 Å². The number of rotatable bonds is 26. The van der Waals surface area contributed by atoms with Crippen molar-refractivity contribution in [1.82, 2.24) is 10.6 Å². The number of hydrogen-bond donors (Lipinski definition) is 2. The van der Waals surface area contributed by atoms with Crippen LogP contribution in [0, 0.1) is 0 Å². The topological polar surface area (TPSA) is 67.4 Å². The van der Waals surface area contributed by atoms with Crippen LogP contribution >= 0.6 is 0 Å². The Labute approximate surface area is 240 Å². The molecule has 1 aromatic carbocycles. The van der Waals surface area contributed by atoms with E-state index in [0.717, 1.165) is 38.5 Å². The molecule has 0 aliphatic heterocycles. The first-order valence-corrected chi connectivity index (χ1v) is 16.5. The van der Waals surface area contributed by atoms with Gasteiger partial charge in [-0.25, -0.2) is 0 Å². The standard InChI is InChI=1S/C34H60N2O3/c1-4-7-10-13-16-18-21-26-35-33(37)30-24-25-31(32(29-30)39-28-23-20-15-12-9-6-3)34(38)36-27-22-19-17-14-11-8-5-2/h24-25,29H,4-23,26-28H2,1-3H3,(H,35,37)(H,36,38). The van der Waals surface area contributed by atoms with E-state index in [1.54, 1.807) is 18.2 Å². The average molecular weight is 545 g/mol. The Kier molecular flexibility index (Phi) is 22.4. The molecule has 0 heterocycles. The van der Waals surface area contributed by atoms with E-state index in [1.165, 1.54) is 89.9 Å². The van der Waals surface area contributed by atoms with E-state index < -0.39 is 0 Å². The number of carbonyl (C=O) groups is 2. The number of hydrogen-bond acceptors (Lipinski definition) is 3. The minimum absolute atomic E-state index is 0.0968. The monoisotopic (exact) mass is 544 g/mol. The van der Waals surface area contributed by atoms with E-state index in [-0.39, 0.29) is 11.8 Å². The van der Waals surface area contributed by atoms with Crippen LogP contribution in [0.3, 0.4) is 0 Å². The first kappa shape index (κ1) is 35.0. The van der Waals surface area contributed by atoms with E-state index in [1.807, 2.05) is 0 Å². The zero-order chi connectivity index (χ0) is 28.4. The number of benzene rings is 1. The Balaban J connectivity index is 2.58. The zero-order valence-electron chi connectivity index (χ0n) is 25.7. The highest BCUT2D eigenvalue weighted by Crippen LogP contribution is 2.22. The predicted molar refractivity (Wildman–Crippen MR) is 166 cm³/mol. The highest BCUT2D eigenvalue weighted by molar-refractivity contribution is 6.00. The van der Waals surface area contributed by atoms with Crippen molar-refractivity contribution in [2.24, 2.45) is 0 Å². The molecule has 0 aliphatic rings. The summed E-state index contributed by atoms with van der Waals surface area (Å²) in [6, 6.07) is 5.25. The van der Waals surface area contributed by atoms with Crippen molar-refractivity contribution in [2.75, 3.05) is 19.7 Å². The third kappa shape index (κ3) is 18.0. The summed E-state index contributed by atoms with van der Waals surface area (Å²) in [7, 11) is 0. The molecule has 0 unspecified atom stereocenters. The van der Waals surface area contributed by atoms with E-state index >= 15 is 0 Å². The van der Waals surface area contributed by atoms with Crippen LogP contribution in [0.5, 0.6) is 5.75 Å². The maximum absolute atomic E-state index is 13.0. The molecule has 5 heteroatoms. The Morgan fingerprint density at radius 3 is 1.51 bits per heavy atom. The smallest absolute Gasteiger partial charge is 0.255 e. The molecule has 0 fully saturated rings. The number of nitrogens with one attached hydrogen (secondary N) is 2. The zero-order valence-corrected chi connectivity index (χ0v) is 25.7. The summed E-state index contributed by atoms with van der Waals surface area (Å²) in [6.45, 7) is 8.61. The molecule has 5 nitrogen and oxygen atoms in total. The molecule has 224 valence electrons. The van der Waals surface area contributed by atoms with E-state index in [4.69, 9.17) is 4.74 Å².